The predicted octanol–water partition coefficient (Wildman–Crippen LogP) is 3.78. The normalized spacial score (nSPS) is 26.6. The topological polar surface area (TPSA) is 87.5 Å². The highest BCUT2D eigenvalue weighted by atomic mass is 16.3. The summed E-state index contributed by atoms with van der Waals surface area (Å²) in [6, 6.07) is 21.4. The van der Waals surface area contributed by atoms with Crippen LogP contribution in [0.3, 0.4) is 0 Å². The number of carbonyl (C=O) groups is 1. The number of aliphatic hydroxyl groups is 1. The Labute approximate surface area is 223 Å². The smallest absolute Gasteiger partial charge is 0.253 e. The molecule has 2 aliphatic heterocycles. The minimum atomic E-state index is -1.06. The summed E-state index contributed by atoms with van der Waals surface area (Å²) < 4.78 is 1.55. The van der Waals surface area contributed by atoms with Crippen LogP contribution in [0.1, 0.15) is 50.1 Å². The van der Waals surface area contributed by atoms with Gasteiger partial charge >= 0.3 is 0 Å². The highest BCUT2D eigenvalue weighted by Gasteiger charge is 2.56. The average molecular weight is 513 g/mol. The van der Waals surface area contributed by atoms with E-state index in [4.69, 9.17) is 0 Å². The summed E-state index contributed by atoms with van der Waals surface area (Å²) in [5.41, 5.74) is 1.04. The molecule has 1 aliphatic carbocycles. The van der Waals surface area contributed by atoms with E-state index in [0.29, 0.717) is 25.2 Å². The minimum absolute atomic E-state index is 0.0248. The molecular formula is C31H36N4O3. The van der Waals surface area contributed by atoms with E-state index in [1.165, 1.54) is 0 Å². The van der Waals surface area contributed by atoms with Crippen LogP contribution in [-0.4, -0.2) is 50.7 Å². The third kappa shape index (κ3) is 4.48. The first kappa shape index (κ1) is 25.0. The van der Waals surface area contributed by atoms with Gasteiger partial charge in [0.15, 0.2) is 0 Å². The number of nitrogens with zero attached hydrogens (tertiary/aromatic N) is 3. The molecule has 6 rings (SSSR count). The first-order valence-corrected chi connectivity index (χ1v) is 13.9. The van der Waals surface area contributed by atoms with Crippen LogP contribution in [0, 0.1) is 11.3 Å². The van der Waals surface area contributed by atoms with Crippen LogP contribution >= 0.6 is 0 Å². The van der Waals surface area contributed by atoms with Crippen LogP contribution in [0.15, 0.2) is 77.9 Å². The Morgan fingerprint density at radius 3 is 2.45 bits per heavy atom. The van der Waals surface area contributed by atoms with Crippen LogP contribution in [0.5, 0.6) is 0 Å². The van der Waals surface area contributed by atoms with E-state index in [1.54, 1.807) is 17.0 Å². The van der Waals surface area contributed by atoms with Crippen molar-refractivity contribution in [3.05, 3.63) is 89.0 Å². The van der Waals surface area contributed by atoms with Crippen molar-refractivity contribution in [3.63, 3.8) is 0 Å². The Hall–Kier alpha value is -3.29. The van der Waals surface area contributed by atoms with Crippen LogP contribution < -0.4 is 10.9 Å². The molecule has 0 radical (unpaired) electrons. The molecule has 3 aliphatic rings. The maximum absolute atomic E-state index is 13.9. The van der Waals surface area contributed by atoms with Gasteiger partial charge in [0.2, 0.25) is 5.91 Å². The highest BCUT2D eigenvalue weighted by molar-refractivity contribution is 5.80. The summed E-state index contributed by atoms with van der Waals surface area (Å²) in [6.45, 7) is 2.07. The van der Waals surface area contributed by atoms with Gasteiger partial charge in [0.1, 0.15) is 0 Å². The van der Waals surface area contributed by atoms with Crippen LogP contribution in [0.4, 0.5) is 0 Å². The predicted molar refractivity (Wildman–Crippen MR) is 146 cm³/mol. The molecule has 7 nitrogen and oxygen atoms in total. The third-order valence-corrected chi connectivity index (χ3v) is 9.23. The molecule has 38 heavy (non-hydrogen) atoms. The van der Waals surface area contributed by atoms with Gasteiger partial charge < -0.3 is 15.3 Å². The Balaban J connectivity index is 1.22. The zero-order valence-electron chi connectivity index (χ0n) is 21.8. The fourth-order valence-electron chi connectivity index (χ4n) is 7.09. The van der Waals surface area contributed by atoms with Gasteiger partial charge in [-0.1, -0.05) is 73.5 Å². The summed E-state index contributed by atoms with van der Waals surface area (Å²) in [6.07, 6.45) is 6.63. The molecule has 2 saturated heterocycles. The molecule has 3 fully saturated rings. The number of aromatic nitrogens is 2. The van der Waals surface area contributed by atoms with E-state index in [-0.39, 0.29) is 30.0 Å². The van der Waals surface area contributed by atoms with Gasteiger partial charge in [0.25, 0.3) is 5.56 Å². The standard InChI is InChI=1S/C31H36N4O3/c36-27-19-26(23-9-3-1-4-10-23)33-22-35(27)21-31(38)16-18-34(20-30(31)14-7-8-15-30)29(37)25-13-17-32-28(25)24-11-5-2-6-12-24/h1-6,9-12,19,22,25,28,32,38H,7-8,13-18,20-21H2/t25-,28+,31+/m0/s1. The number of benzene rings is 2. The number of nitrogens with one attached hydrogen (secondary N) is 1. The number of piperidine rings is 1. The van der Waals surface area contributed by atoms with Gasteiger partial charge in [-0.05, 0) is 37.8 Å². The van der Waals surface area contributed by atoms with E-state index in [2.05, 4.69) is 22.4 Å². The van der Waals surface area contributed by atoms with Gasteiger partial charge in [0.05, 0.1) is 30.1 Å². The molecular weight excluding hydrogens is 476 g/mol. The Morgan fingerprint density at radius 2 is 1.74 bits per heavy atom. The number of hydrogen-bond donors (Lipinski definition) is 2. The average Bonchev–Trinajstić information content (AvgIpc) is 3.63. The van der Waals surface area contributed by atoms with Crippen molar-refractivity contribution in [2.24, 2.45) is 11.3 Å². The van der Waals surface area contributed by atoms with Gasteiger partial charge in [-0.25, -0.2) is 4.98 Å². The molecule has 1 amide bonds. The second-order valence-electron chi connectivity index (χ2n) is 11.4. The van der Waals surface area contributed by atoms with Crippen LogP contribution in [0.2, 0.25) is 0 Å². The molecule has 3 atom stereocenters. The quantitative estimate of drug-likeness (QED) is 0.543. The van der Waals surface area contributed by atoms with Crippen LogP contribution in [-0.2, 0) is 11.3 Å². The van der Waals surface area contributed by atoms with E-state index in [1.807, 2.05) is 53.4 Å². The number of hydrogen-bond acceptors (Lipinski definition) is 5. The molecule has 0 bridgehead atoms. The summed E-state index contributed by atoms with van der Waals surface area (Å²) in [5, 5.41) is 15.7. The second kappa shape index (κ2) is 10.1. The lowest BCUT2D eigenvalue weighted by Gasteiger charge is -2.52. The van der Waals surface area contributed by atoms with Gasteiger partial charge in [-0.3, -0.25) is 14.2 Å². The maximum atomic E-state index is 13.9. The van der Waals surface area contributed by atoms with E-state index >= 15 is 0 Å². The minimum Gasteiger partial charge on any atom is -0.387 e. The molecule has 2 aromatic carbocycles. The van der Waals surface area contributed by atoms with E-state index in [0.717, 1.165) is 49.8 Å². The van der Waals surface area contributed by atoms with Crippen molar-refractivity contribution >= 4 is 5.91 Å². The highest BCUT2D eigenvalue weighted by Crippen LogP contribution is 2.52. The van der Waals surface area contributed by atoms with Gasteiger partial charge in [-0.2, -0.15) is 0 Å². The number of amides is 1. The molecule has 1 aromatic heterocycles. The monoisotopic (exact) mass is 512 g/mol. The largest absolute Gasteiger partial charge is 0.387 e. The molecule has 3 heterocycles. The van der Waals surface area contributed by atoms with Crippen molar-refractivity contribution in [1.29, 1.82) is 0 Å². The van der Waals surface area contributed by atoms with Crippen LogP contribution in [0.25, 0.3) is 11.3 Å². The van der Waals surface area contributed by atoms with Gasteiger partial charge in [0, 0.05) is 36.2 Å². The lowest BCUT2D eigenvalue weighted by Crippen LogP contribution is -2.62. The summed E-state index contributed by atoms with van der Waals surface area (Å²) >= 11 is 0. The summed E-state index contributed by atoms with van der Waals surface area (Å²) in [7, 11) is 0. The van der Waals surface area contributed by atoms with Crippen molar-refractivity contribution in [3.8, 4) is 11.3 Å². The van der Waals surface area contributed by atoms with E-state index in [9.17, 15) is 14.7 Å². The molecule has 1 spiro atoms. The second-order valence-corrected chi connectivity index (χ2v) is 11.4. The number of carbonyl (C=O) groups excluding carboxylic acids is 1. The number of likely N-dealkylation sites (tertiary alicyclic amines) is 1. The first-order chi connectivity index (χ1) is 18.5. The number of rotatable bonds is 5. The first-order valence-electron chi connectivity index (χ1n) is 13.9. The van der Waals surface area contributed by atoms with Crippen molar-refractivity contribution in [2.45, 2.75) is 56.7 Å². The lowest BCUT2D eigenvalue weighted by atomic mass is 9.65. The zero-order chi connectivity index (χ0) is 26.2. The summed E-state index contributed by atoms with van der Waals surface area (Å²) in [4.78, 5) is 33.5. The molecule has 0 unspecified atom stereocenters. The fourth-order valence-corrected chi connectivity index (χ4v) is 7.09. The fraction of sp³-hybridized carbons (Fsp3) is 0.452. The Bertz CT molecular complexity index is 1340. The van der Waals surface area contributed by atoms with Crippen molar-refractivity contribution in [2.75, 3.05) is 19.6 Å². The molecule has 1 saturated carbocycles. The Morgan fingerprint density at radius 1 is 1.03 bits per heavy atom. The molecule has 198 valence electrons. The van der Waals surface area contributed by atoms with Crippen molar-refractivity contribution < 1.29 is 9.90 Å². The third-order valence-electron chi connectivity index (χ3n) is 9.23. The maximum Gasteiger partial charge on any atom is 0.253 e. The Kier molecular flexibility index (Phi) is 6.66. The molecule has 2 N–H and O–H groups in total. The molecule has 3 aromatic rings. The van der Waals surface area contributed by atoms with Crippen molar-refractivity contribution in [1.82, 2.24) is 19.8 Å². The summed E-state index contributed by atoms with van der Waals surface area (Å²) in [5.74, 6) is 0.0858. The molecule has 7 heteroatoms. The van der Waals surface area contributed by atoms with Gasteiger partial charge in [-0.15, -0.1) is 0 Å². The van der Waals surface area contributed by atoms with E-state index < -0.39 is 11.0 Å². The zero-order valence-corrected chi connectivity index (χ0v) is 21.8. The lowest BCUT2D eigenvalue weighted by molar-refractivity contribution is -0.163. The SMILES string of the molecule is O=C([C@H]1CCN[C@@H]1c1ccccc1)N1CC[C@@](O)(Cn2cnc(-c3ccccc3)cc2=O)C2(CCCC2)C1.